The quantitative estimate of drug-likeness (QED) is 0.534. The van der Waals surface area contributed by atoms with E-state index in [-0.39, 0.29) is 12.0 Å². The molecule has 21 heavy (non-hydrogen) atoms. The molecule has 1 aliphatic carbocycles. The maximum absolute atomic E-state index is 5.60. The van der Waals surface area contributed by atoms with Crippen LogP contribution in [-0.2, 0) is 0 Å². The number of nitrogens with one attached hydrogen (secondary N) is 1. The van der Waals surface area contributed by atoms with E-state index in [1.807, 2.05) is 0 Å². The number of nitrogens with zero attached hydrogens (tertiary/aromatic N) is 6. The van der Waals surface area contributed by atoms with Crippen molar-refractivity contribution in [3.05, 3.63) is 18.7 Å². The number of anilines is 1. The molecule has 2 aromatic heterocycles. The lowest BCUT2D eigenvalue weighted by Crippen LogP contribution is -2.26. The summed E-state index contributed by atoms with van der Waals surface area (Å²) in [5.74, 6) is 6.03. The molecule has 1 saturated carbocycles. The van der Waals surface area contributed by atoms with Gasteiger partial charge in [0.2, 0.25) is 11.9 Å². The van der Waals surface area contributed by atoms with E-state index in [1.54, 1.807) is 23.3 Å². The van der Waals surface area contributed by atoms with Crippen LogP contribution in [0.1, 0.15) is 12.8 Å². The van der Waals surface area contributed by atoms with E-state index < -0.39 is 0 Å². The lowest BCUT2D eigenvalue weighted by atomic mass is 10.5. The zero-order valence-corrected chi connectivity index (χ0v) is 11.8. The number of nitrogens with two attached hydrogens (primary N) is 1. The van der Waals surface area contributed by atoms with Gasteiger partial charge in [0.25, 0.3) is 0 Å². The molecule has 0 unspecified atom stereocenters. The normalized spacial score (nSPS) is 14.4. The Hall–Kier alpha value is -2.26. The Kier molecular flexibility index (Phi) is 3.93. The number of hydrogen-bond acceptors (Lipinski definition) is 8. The molecule has 0 radical (unpaired) electrons. The van der Waals surface area contributed by atoms with E-state index in [0.29, 0.717) is 18.6 Å². The molecule has 2 heterocycles. The molecule has 0 saturated heterocycles. The van der Waals surface area contributed by atoms with Gasteiger partial charge in [-0.1, -0.05) is 0 Å². The molecule has 1 fully saturated rings. The van der Waals surface area contributed by atoms with E-state index in [1.165, 1.54) is 12.8 Å². The molecule has 0 amide bonds. The number of rotatable bonds is 7. The lowest BCUT2D eigenvalue weighted by Gasteiger charge is -2.15. The first kappa shape index (κ1) is 13.7. The summed E-state index contributed by atoms with van der Waals surface area (Å²) in [5, 5.41) is 0. The van der Waals surface area contributed by atoms with Crippen molar-refractivity contribution in [1.29, 1.82) is 0 Å². The zero-order valence-electron chi connectivity index (χ0n) is 11.8. The Morgan fingerprint density at radius 1 is 1.43 bits per heavy atom. The lowest BCUT2D eigenvalue weighted by molar-refractivity contribution is 0.220. The Labute approximate surface area is 122 Å². The summed E-state index contributed by atoms with van der Waals surface area (Å²) in [7, 11) is 2.10. The van der Waals surface area contributed by atoms with E-state index in [4.69, 9.17) is 10.6 Å². The molecular formula is C12H18N8O. The van der Waals surface area contributed by atoms with Crippen LogP contribution < -0.4 is 16.0 Å². The second-order valence-electron chi connectivity index (χ2n) is 4.92. The van der Waals surface area contributed by atoms with Gasteiger partial charge in [0.15, 0.2) is 0 Å². The maximum Gasteiger partial charge on any atom is 0.323 e. The van der Waals surface area contributed by atoms with Crippen LogP contribution >= 0.6 is 0 Å². The summed E-state index contributed by atoms with van der Waals surface area (Å²) in [5.41, 5.74) is 2.41. The molecule has 9 nitrogen and oxygen atoms in total. The highest BCUT2D eigenvalue weighted by Crippen LogP contribution is 2.24. The first-order valence-corrected chi connectivity index (χ1v) is 6.80. The fourth-order valence-corrected chi connectivity index (χ4v) is 1.95. The fraction of sp³-hybridized carbons (Fsp3) is 0.500. The molecule has 0 bridgehead atoms. The summed E-state index contributed by atoms with van der Waals surface area (Å²) in [6, 6.07) is 0.945. The number of hydrogen-bond donors (Lipinski definition) is 2. The minimum absolute atomic E-state index is 0.242. The van der Waals surface area contributed by atoms with Crippen molar-refractivity contribution in [1.82, 2.24) is 29.4 Å². The smallest absolute Gasteiger partial charge is 0.323 e. The van der Waals surface area contributed by atoms with Crippen LogP contribution in [0, 0.1) is 0 Å². The van der Waals surface area contributed by atoms with Gasteiger partial charge in [0.05, 0.1) is 0 Å². The third-order valence-corrected chi connectivity index (χ3v) is 3.31. The van der Waals surface area contributed by atoms with E-state index in [9.17, 15) is 0 Å². The average molecular weight is 290 g/mol. The molecule has 1 aliphatic rings. The van der Waals surface area contributed by atoms with Crippen LogP contribution in [0.25, 0.3) is 5.95 Å². The fourth-order valence-electron chi connectivity index (χ4n) is 1.95. The largest absolute Gasteiger partial charge is 0.462 e. The van der Waals surface area contributed by atoms with Gasteiger partial charge in [-0.15, -0.1) is 0 Å². The number of nitrogen functional groups attached to an aromatic ring is 1. The first-order chi connectivity index (χ1) is 10.3. The van der Waals surface area contributed by atoms with E-state index in [0.717, 1.165) is 6.54 Å². The van der Waals surface area contributed by atoms with Gasteiger partial charge in [0, 0.05) is 25.0 Å². The zero-order chi connectivity index (χ0) is 14.7. The molecule has 9 heteroatoms. The summed E-state index contributed by atoms with van der Waals surface area (Å²) >= 11 is 0. The van der Waals surface area contributed by atoms with Crippen LogP contribution in [0.5, 0.6) is 6.01 Å². The molecule has 2 aromatic rings. The van der Waals surface area contributed by atoms with Gasteiger partial charge in [0.1, 0.15) is 12.9 Å². The van der Waals surface area contributed by atoms with Gasteiger partial charge in [-0.2, -0.15) is 15.0 Å². The molecule has 0 aliphatic heterocycles. The van der Waals surface area contributed by atoms with Crippen LogP contribution in [0.15, 0.2) is 18.7 Å². The SMILES string of the molecule is CN(CCOc1nc(NN)nc(-n2ccnc2)n1)C1CC1. The van der Waals surface area contributed by atoms with Crippen molar-refractivity contribution in [2.45, 2.75) is 18.9 Å². The summed E-state index contributed by atoms with van der Waals surface area (Å²) in [6.45, 7) is 1.35. The van der Waals surface area contributed by atoms with Crippen molar-refractivity contribution in [2.24, 2.45) is 5.84 Å². The van der Waals surface area contributed by atoms with Crippen molar-refractivity contribution in [3.63, 3.8) is 0 Å². The van der Waals surface area contributed by atoms with Crippen molar-refractivity contribution in [3.8, 4) is 12.0 Å². The third kappa shape index (κ3) is 3.44. The van der Waals surface area contributed by atoms with Gasteiger partial charge in [-0.05, 0) is 19.9 Å². The minimum Gasteiger partial charge on any atom is -0.462 e. The summed E-state index contributed by atoms with van der Waals surface area (Å²) in [4.78, 5) is 18.7. The monoisotopic (exact) mass is 290 g/mol. The summed E-state index contributed by atoms with van der Waals surface area (Å²) in [6.07, 6.45) is 7.52. The molecule has 3 rings (SSSR count). The Morgan fingerprint density at radius 3 is 2.95 bits per heavy atom. The van der Waals surface area contributed by atoms with E-state index >= 15 is 0 Å². The van der Waals surface area contributed by atoms with Gasteiger partial charge < -0.3 is 9.64 Å². The van der Waals surface area contributed by atoms with Crippen molar-refractivity contribution in [2.75, 3.05) is 25.6 Å². The molecule has 0 atom stereocenters. The Bertz CT molecular complexity index is 583. The Balaban J connectivity index is 1.67. The highest BCUT2D eigenvalue weighted by Gasteiger charge is 2.25. The molecule has 0 spiro atoms. The van der Waals surface area contributed by atoms with Gasteiger partial charge in [-0.3, -0.25) is 9.99 Å². The second kappa shape index (κ2) is 6.02. The average Bonchev–Trinajstić information content (AvgIpc) is 3.21. The van der Waals surface area contributed by atoms with Gasteiger partial charge in [-0.25, -0.2) is 10.8 Å². The summed E-state index contributed by atoms with van der Waals surface area (Å²) < 4.78 is 7.26. The third-order valence-electron chi connectivity index (χ3n) is 3.31. The van der Waals surface area contributed by atoms with Gasteiger partial charge >= 0.3 is 6.01 Å². The second-order valence-corrected chi connectivity index (χ2v) is 4.92. The van der Waals surface area contributed by atoms with Crippen LogP contribution in [0.3, 0.4) is 0 Å². The van der Waals surface area contributed by atoms with Crippen LogP contribution in [-0.4, -0.2) is 55.6 Å². The van der Waals surface area contributed by atoms with Crippen LogP contribution in [0.2, 0.25) is 0 Å². The number of likely N-dealkylation sites (N-methyl/N-ethyl adjacent to an activating group) is 1. The standard InChI is InChI=1S/C12H18N8O/c1-19(9-2-3-9)6-7-21-12-16-10(18-13)15-11(17-12)20-5-4-14-8-20/h4-5,8-9H,2-3,6-7,13H2,1H3,(H,15,16,17,18). The Morgan fingerprint density at radius 2 is 2.29 bits per heavy atom. The first-order valence-electron chi connectivity index (χ1n) is 6.80. The number of hydrazine groups is 1. The predicted octanol–water partition coefficient (Wildman–Crippen LogP) is -0.184. The molecular weight excluding hydrogens is 272 g/mol. The number of aromatic nitrogens is 5. The number of imidazole rings is 1. The van der Waals surface area contributed by atoms with Crippen molar-refractivity contribution < 1.29 is 4.74 Å². The highest BCUT2D eigenvalue weighted by molar-refractivity contribution is 5.28. The number of ether oxygens (including phenoxy) is 1. The minimum atomic E-state index is 0.242. The molecule has 112 valence electrons. The van der Waals surface area contributed by atoms with Crippen LogP contribution in [0.4, 0.5) is 5.95 Å². The maximum atomic E-state index is 5.60. The van der Waals surface area contributed by atoms with E-state index in [2.05, 4.69) is 37.3 Å². The topological polar surface area (TPSA) is 107 Å². The molecule has 0 aromatic carbocycles. The molecule has 3 N–H and O–H groups in total. The predicted molar refractivity (Wildman–Crippen MR) is 75.9 cm³/mol. The van der Waals surface area contributed by atoms with Crippen molar-refractivity contribution >= 4 is 5.95 Å². The highest BCUT2D eigenvalue weighted by atomic mass is 16.5.